The predicted octanol–water partition coefficient (Wildman–Crippen LogP) is 2.08. The third kappa shape index (κ3) is 4.00. The summed E-state index contributed by atoms with van der Waals surface area (Å²) in [5.41, 5.74) is 0.912. The largest absolute Gasteiger partial charge is 0.361 e. The van der Waals surface area contributed by atoms with E-state index in [-0.39, 0.29) is 0 Å². The van der Waals surface area contributed by atoms with Crippen LogP contribution in [0.5, 0.6) is 0 Å². The molecule has 5 heteroatoms. The molecule has 17 heavy (non-hydrogen) atoms. The van der Waals surface area contributed by atoms with Crippen LogP contribution in [0.15, 0.2) is 23.3 Å². The third-order valence-electron chi connectivity index (χ3n) is 2.52. The van der Waals surface area contributed by atoms with Crippen LogP contribution in [-0.2, 0) is 6.54 Å². The summed E-state index contributed by atoms with van der Waals surface area (Å²) in [6.07, 6.45) is 2.88. The number of hydrogen-bond donors (Lipinski definition) is 1. The predicted molar refractivity (Wildman–Crippen MR) is 72.0 cm³/mol. The standard InChI is InChI=1S/C12H18N4S/c1-9(2)6-11-8-17-12(15-11)13-7-10-4-3-5-14-16-10/h3-5,9,11H,6-8H2,1-2H3,(H,13,15). The van der Waals surface area contributed by atoms with E-state index >= 15 is 0 Å². The molecule has 0 amide bonds. The average molecular weight is 250 g/mol. The van der Waals surface area contributed by atoms with Crippen molar-refractivity contribution in [3.8, 4) is 0 Å². The Labute approximate surface area is 106 Å². The lowest BCUT2D eigenvalue weighted by molar-refractivity contribution is 0.502. The van der Waals surface area contributed by atoms with Gasteiger partial charge in [-0.15, -0.1) is 0 Å². The zero-order valence-electron chi connectivity index (χ0n) is 10.3. The van der Waals surface area contributed by atoms with Gasteiger partial charge in [-0.2, -0.15) is 10.2 Å². The van der Waals surface area contributed by atoms with Gasteiger partial charge in [-0.1, -0.05) is 25.6 Å². The molecule has 1 unspecified atom stereocenters. The van der Waals surface area contributed by atoms with Gasteiger partial charge >= 0.3 is 0 Å². The minimum atomic E-state index is 0.570. The Morgan fingerprint density at radius 3 is 3.18 bits per heavy atom. The molecule has 1 fully saturated rings. The second-order valence-corrected chi connectivity index (χ2v) is 5.63. The molecule has 1 aromatic heterocycles. The van der Waals surface area contributed by atoms with Crippen molar-refractivity contribution < 1.29 is 0 Å². The minimum Gasteiger partial charge on any atom is -0.361 e. The van der Waals surface area contributed by atoms with Crippen molar-refractivity contribution >= 4 is 16.9 Å². The van der Waals surface area contributed by atoms with Crippen LogP contribution in [0.25, 0.3) is 0 Å². The highest BCUT2D eigenvalue weighted by Gasteiger charge is 2.20. The van der Waals surface area contributed by atoms with Gasteiger partial charge in [0.2, 0.25) is 0 Å². The van der Waals surface area contributed by atoms with Gasteiger partial charge in [-0.3, -0.25) is 4.99 Å². The van der Waals surface area contributed by atoms with Crippen LogP contribution in [-0.4, -0.2) is 27.2 Å². The maximum absolute atomic E-state index is 4.52. The monoisotopic (exact) mass is 250 g/mol. The Morgan fingerprint density at radius 2 is 2.47 bits per heavy atom. The van der Waals surface area contributed by atoms with Crippen LogP contribution in [0.1, 0.15) is 26.0 Å². The Hall–Kier alpha value is -1.10. The second kappa shape index (κ2) is 6.00. The van der Waals surface area contributed by atoms with Gasteiger partial charge in [0, 0.05) is 18.0 Å². The zero-order valence-corrected chi connectivity index (χ0v) is 11.1. The average Bonchev–Trinajstić information content (AvgIpc) is 2.75. The molecule has 0 aromatic carbocycles. The van der Waals surface area contributed by atoms with Crippen LogP contribution in [0.2, 0.25) is 0 Å². The molecule has 1 aromatic rings. The first kappa shape index (κ1) is 12.4. The van der Waals surface area contributed by atoms with E-state index in [4.69, 9.17) is 0 Å². The van der Waals surface area contributed by atoms with E-state index < -0.39 is 0 Å². The molecule has 92 valence electrons. The van der Waals surface area contributed by atoms with E-state index in [1.165, 1.54) is 6.42 Å². The molecule has 1 saturated heterocycles. The molecular formula is C12H18N4S. The van der Waals surface area contributed by atoms with E-state index in [9.17, 15) is 0 Å². The van der Waals surface area contributed by atoms with Crippen molar-refractivity contribution in [2.75, 3.05) is 5.75 Å². The normalized spacial score (nSPS) is 22.1. The van der Waals surface area contributed by atoms with Crippen molar-refractivity contribution in [1.29, 1.82) is 0 Å². The van der Waals surface area contributed by atoms with Crippen molar-refractivity contribution in [1.82, 2.24) is 15.5 Å². The Morgan fingerprint density at radius 1 is 1.59 bits per heavy atom. The summed E-state index contributed by atoms with van der Waals surface area (Å²) >= 11 is 1.80. The molecule has 4 nitrogen and oxygen atoms in total. The fourth-order valence-corrected chi connectivity index (χ4v) is 2.78. The molecule has 0 bridgehead atoms. The second-order valence-electron chi connectivity index (χ2n) is 4.62. The lowest BCUT2D eigenvalue weighted by atomic mass is 10.1. The number of aromatic nitrogens is 2. The first-order chi connectivity index (χ1) is 8.24. The summed E-state index contributed by atoms with van der Waals surface area (Å²) in [4.78, 5) is 4.52. The lowest BCUT2D eigenvalue weighted by Gasteiger charge is -2.11. The summed E-state index contributed by atoms with van der Waals surface area (Å²) < 4.78 is 0. The quantitative estimate of drug-likeness (QED) is 0.889. The van der Waals surface area contributed by atoms with Gasteiger partial charge in [0.25, 0.3) is 0 Å². The van der Waals surface area contributed by atoms with Crippen molar-refractivity contribution in [3.05, 3.63) is 24.0 Å². The van der Waals surface area contributed by atoms with E-state index in [0.29, 0.717) is 12.6 Å². The van der Waals surface area contributed by atoms with Crippen LogP contribution >= 0.6 is 11.8 Å². The molecule has 1 aliphatic rings. The zero-order chi connectivity index (χ0) is 12.1. The highest BCUT2D eigenvalue weighted by atomic mass is 32.2. The first-order valence-corrected chi connectivity index (χ1v) is 6.93. The number of hydrogen-bond acceptors (Lipinski definition) is 4. The summed E-state index contributed by atoms with van der Waals surface area (Å²) in [7, 11) is 0. The van der Waals surface area contributed by atoms with Crippen LogP contribution < -0.4 is 5.32 Å². The van der Waals surface area contributed by atoms with Gasteiger partial charge in [0.15, 0.2) is 5.17 Å². The fourth-order valence-electron chi connectivity index (χ4n) is 1.80. The molecule has 1 atom stereocenters. The van der Waals surface area contributed by atoms with E-state index in [2.05, 4.69) is 34.4 Å². The molecule has 0 aliphatic carbocycles. The minimum absolute atomic E-state index is 0.570. The molecule has 0 spiro atoms. The highest BCUT2D eigenvalue weighted by molar-refractivity contribution is 8.14. The van der Waals surface area contributed by atoms with Gasteiger partial charge in [0.05, 0.1) is 12.2 Å². The number of nitrogens with one attached hydrogen (secondary N) is 1. The molecule has 2 heterocycles. The number of rotatable bonds is 4. The van der Waals surface area contributed by atoms with Gasteiger partial charge in [-0.05, 0) is 24.5 Å². The summed E-state index contributed by atoms with van der Waals surface area (Å²) in [5.74, 6) is 1.85. The molecule has 1 N–H and O–H groups in total. The number of thioether (sulfide) groups is 1. The van der Waals surface area contributed by atoms with Crippen molar-refractivity contribution in [2.24, 2.45) is 10.9 Å². The topological polar surface area (TPSA) is 50.2 Å². The molecule has 0 radical (unpaired) electrons. The smallest absolute Gasteiger partial charge is 0.157 e. The fraction of sp³-hybridized carbons (Fsp3) is 0.583. The SMILES string of the molecule is CC(C)CC1CSC(=NCc2cccnn2)N1. The summed E-state index contributed by atoms with van der Waals surface area (Å²) in [6.45, 7) is 5.11. The maximum atomic E-state index is 4.52. The highest BCUT2D eigenvalue weighted by Crippen LogP contribution is 2.19. The third-order valence-corrected chi connectivity index (χ3v) is 3.61. The van der Waals surface area contributed by atoms with Gasteiger partial charge in [-0.25, -0.2) is 0 Å². The molecular weight excluding hydrogens is 232 g/mol. The maximum Gasteiger partial charge on any atom is 0.157 e. The summed E-state index contributed by atoms with van der Waals surface area (Å²) in [5, 5.41) is 12.4. The van der Waals surface area contributed by atoms with Crippen LogP contribution in [0, 0.1) is 5.92 Å². The van der Waals surface area contributed by atoms with Crippen LogP contribution in [0.3, 0.4) is 0 Å². The van der Waals surface area contributed by atoms with Gasteiger partial charge < -0.3 is 5.32 Å². The van der Waals surface area contributed by atoms with Crippen molar-refractivity contribution in [3.63, 3.8) is 0 Å². The number of aliphatic imine (C=N–C) groups is 1. The van der Waals surface area contributed by atoms with Crippen molar-refractivity contribution in [2.45, 2.75) is 32.9 Å². The molecule has 2 rings (SSSR count). The Bertz CT molecular complexity index is 377. The number of nitrogens with zero attached hydrogens (tertiary/aromatic N) is 3. The Balaban J connectivity index is 1.84. The Kier molecular flexibility index (Phi) is 4.36. The van der Waals surface area contributed by atoms with Gasteiger partial charge in [0.1, 0.15) is 0 Å². The lowest BCUT2D eigenvalue weighted by Crippen LogP contribution is -2.28. The molecule has 1 aliphatic heterocycles. The van der Waals surface area contributed by atoms with Crippen LogP contribution in [0.4, 0.5) is 0 Å². The summed E-state index contributed by atoms with van der Waals surface area (Å²) in [6, 6.07) is 4.40. The number of amidine groups is 1. The van der Waals surface area contributed by atoms with E-state index in [1.807, 2.05) is 12.1 Å². The molecule has 0 saturated carbocycles. The van der Waals surface area contributed by atoms with E-state index in [1.54, 1.807) is 18.0 Å². The first-order valence-electron chi connectivity index (χ1n) is 5.94. The van der Waals surface area contributed by atoms with E-state index in [0.717, 1.165) is 22.5 Å².